The van der Waals surface area contributed by atoms with E-state index >= 15 is 0 Å². The molecule has 1 aliphatic rings. The summed E-state index contributed by atoms with van der Waals surface area (Å²) in [6, 6.07) is 2.06. The predicted octanol–water partition coefficient (Wildman–Crippen LogP) is 3.15. The standard InChI is InChI=1S/C16H25NO2S/c1-3-5-13(18)10-17-16(19)15-9-12-8-11(4-2)6-7-14(12)20-15/h9,11,13,18H,3-8,10H2,1-2H3,(H,17,19). The van der Waals surface area contributed by atoms with Gasteiger partial charge in [0.05, 0.1) is 11.0 Å². The van der Waals surface area contributed by atoms with Gasteiger partial charge < -0.3 is 10.4 Å². The molecule has 1 amide bonds. The predicted molar refractivity (Wildman–Crippen MR) is 83.4 cm³/mol. The van der Waals surface area contributed by atoms with Crippen LogP contribution in [0.1, 0.15) is 59.6 Å². The first-order valence-electron chi connectivity index (χ1n) is 7.71. The fourth-order valence-corrected chi connectivity index (χ4v) is 3.92. The highest BCUT2D eigenvalue weighted by Crippen LogP contribution is 2.33. The van der Waals surface area contributed by atoms with Gasteiger partial charge in [0, 0.05) is 11.4 Å². The van der Waals surface area contributed by atoms with Crippen molar-refractivity contribution < 1.29 is 9.90 Å². The molecule has 0 saturated heterocycles. The van der Waals surface area contributed by atoms with Gasteiger partial charge in [0.2, 0.25) is 0 Å². The van der Waals surface area contributed by atoms with Crippen molar-refractivity contribution in [1.82, 2.24) is 5.32 Å². The molecule has 2 unspecified atom stereocenters. The van der Waals surface area contributed by atoms with Gasteiger partial charge in [0.1, 0.15) is 0 Å². The Morgan fingerprint density at radius 3 is 3.05 bits per heavy atom. The normalized spacial score (nSPS) is 19.4. The van der Waals surface area contributed by atoms with E-state index in [4.69, 9.17) is 0 Å². The molecule has 1 aromatic heterocycles. The largest absolute Gasteiger partial charge is 0.391 e. The molecule has 0 aromatic carbocycles. The number of hydrogen-bond donors (Lipinski definition) is 2. The molecule has 112 valence electrons. The average molecular weight is 295 g/mol. The number of hydrogen-bond acceptors (Lipinski definition) is 3. The first kappa shape index (κ1) is 15.5. The summed E-state index contributed by atoms with van der Waals surface area (Å²) in [7, 11) is 0. The van der Waals surface area contributed by atoms with Crippen molar-refractivity contribution in [2.75, 3.05) is 6.54 Å². The zero-order valence-corrected chi connectivity index (χ0v) is 13.3. The number of nitrogens with one attached hydrogen (secondary N) is 1. The van der Waals surface area contributed by atoms with Crippen LogP contribution in [-0.4, -0.2) is 23.7 Å². The molecule has 0 aliphatic heterocycles. The summed E-state index contributed by atoms with van der Waals surface area (Å²) in [6.07, 6.45) is 5.95. The molecule has 2 atom stereocenters. The number of carbonyl (C=O) groups excluding carboxylic acids is 1. The highest BCUT2D eigenvalue weighted by atomic mass is 32.1. The molecule has 3 nitrogen and oxygen atoms in total. The molecule has 20 heavy (non-hydrogen) atoms. The Hall–Kier alpha value is -0.870. The van der Waals surface area contributed by atoms with Gasteiger partial charge in [-0.15, -0.1) is 11.3 Å². The van der Waals surface area contributed by atoms with E-state index < -0.39 is 6.10 Å². The summed E-state index contributed by atoms with van der Waals surface area (Å²) in [5, 5.41) is 12.5. The lowest BCUT2D eigenvalue weighted by molar-refractivity contribution is 0.0914. The lowest BCUT2D eigenvalue weighted by Crippen LogP contribution is -2.31. The Morgan fingerprint density at radius 1 is 1.55 bits per heavy atom. The van der Waals surface area contributed by atoms with Gasteiger partial charge in [-0.3, -0.25) is 4.79 Å². The number of thiophene rings is 1. The van der Waals surface area contributed by atoms with Gasteiger partial charge in [-0.25, -0.2) is 0 Å². The van der Waals surface area contributed by atoms with Crippen LogP contribution in [-0.2, 0) is 12.8 Å². The summed E-state index contributed by atoms with van der Waals surface area (Å²) in [6.45, 7) is 4.63. The van der Waals surface area contributed by atoms with Crippen molar-refractivity contribution in [3.8, 4) is 0 Å². The SMILES string of the molecule is CCCC(O)CNC(=O)c1cc2c(s1)CCC(CC)C2. The number of rotatable bonds is 6. The Labute approximate surface area is 125 Å². The molecule has 0 spiro atoms. The average Bonchev–Trinajstić information content (AvgIpc) is 2.87. The summed E-state index contributed by atoms with van der Waals surface area (Å²) in [4.78, 5) is 14.3. The monoisotopic (exact) mass is 295 g/mol. The van der Waals surface area contributed by atoms with Crippen LogP contribution in [0.2, 0.25) is 0 Å². The molecule has 0 radical (unpaired) electrons. The first-order valence-corrected chi connectivity index (χ1v) is 8.53. The van der Waals surface area contributed by atoms with Crippen LogP contribution in [0.25, 0.3) is 0 Å². The van der Waals surface area contributed by atoms with E-state index in [1.807, 2.05) is 6.92 Å². The number of aliphatic hydroxyl groups excluding tert-OH is 1. The summed E-state index contributed by atoms with van der Waals surface area (Å²) in [5.41, 5.74) is 1.37. The maximum absolute atomic E-state index is 12.1. The number of aliphatic hydroxyl groups is 1. The van der Waals surface area contributed by atoms with E-state index in [9.17, 15) is 9.90 Å². The molecule has 0 bridgehead atoms. The summed E-state index contributed by atoms with van der Waals surface area (Å²) < 4.78 is 0. The van der Waals surface area contributed by atoms with Crippen LogP contribution in [0.5, 0.6) is 0 Å². The van der Waals surface area contributed by atoms with Gasteiger partial charge in [-0.1, -0.05) is 26.7 Å². The van der Waals surface area contributed by atoms with Crippen LogP contribution in [0.4, 0.5) is 0 Å². The van der Waals surface area contributed by atoms with Crippen LogP contribution in [0.3, 0.4) is 0 Å². The fourth-order valence-electron chi connectivity index (χ4n) is 2.79. The van der Waals surface area contributed by atoms with Crippen molar-refractivity contribution in [3.63, 3.8) is 0 Å². The van der Waals surface area contributed by atoms with Crippen molar-refractivity contribution in [2.24, 2.45) is 5.92 Å². The Kier molecular flexibility index (Phi) is 5.61. The van der Waals surface area contributed by atoms with Crippen LogP contribution in [0, 0.1) is 5.92 Å². The van der Waals surface area contributed by atoms with Crippen molar-refractivity contribution >= 4 is 17.2 Å². The van der Waals surface area contributed by atoms with Crippen LogP contribution < -0.4 is 5.32 Å². The van der Waals surface area contributed by atoms with Gasteiger partial charge in [0.15, 0.2) is 0 Å². The third-order valence-corrected chi connectivity index (χ3v) is 5.34. The van der Waals surface area contributed by atoms with E-state index in [1.165, 1.54) is 23.3 Å². The second kappa shape index (κ2) is 7.23. The molecule has 2 rings (SSSR count). The van der Waals surface area contributed by atoms with Gasteiger partial charge in [-0.05, 0) is 43.2 Å². The number of carbonyl (C=O) groups is 1. The Balaban J connectivity index is 1.93. The molecular weight excluding hydrogens is 270 g/mol. The van der Waals surface area contributed by atoms with Crippen molar-refractivity contribution in [2.45, 2.75) is 58.5 Å². The van der Waals surface area contributed by atoms with E-state index in [0.717, 1.165) is 36.5 Å². The zero-order chi connectivity index (χ0) is 14.5. The Morgan fingerprint density at radius 2 is 2.35 bits per heavy atom. The van der Waals surface area contributed by atoms with Gasteiger partial charge in [0.25, 0.3) is 5.91 Å². The van der Waals surface area contributed by atoms with Crippen molar-refractivity contribution in [3.05, 3.63) is 21.4 Å². The third-order valence-electron chi connectivity index (χ3n) is 4.11. The number of aryl methyl sites for hydroxylation is 1. The summed E-state index contributed by atoms with van der Waals surface area (Å²) in [5.74, 6) is 0.743. The fraction of sp³-hybridized carbons (Fsp3) is 0.688. The highest BCUT2D eigenvalue weighted by Gasteiger charge is 2.22. The summed E-state index contributed by atoms with van der Waals surface area (Å²) >= 11 is 1.63. The minimum Gasteiger partial charge on any atom is -0.391 e. The van der Waals surface area contributed by atoms with E-state index in [1.54, 1.807) is 11.3 Å². The van der Waals surface area contributed by atoms with E-state index in [2.05, 4.69) is 18.3 Å². The molecule has 4 heteroatoms. The molecular formula is C16H25NO2S. The highest BCUT2D eigenvalue weighted by molar-refractivity contribution is 7.14. The zero-order valence-electron chi connectivity index (χ0n) is 12.4. The van der Waals surface area contributed by atoms with E-state index in [0.29, 0.717) is 6.54 Å². The minimum atomic E-state index is -0.428. The number of fused-ring (bicyclic) bond motifs is 1. The lowest BCUT2D eigenvalue weighted by Gasteiger charge is -2.19. The van der Waals surface area contributed by atoms with Crippen molar-refractivity contribution in [1.29, 1.82) is 0 Å². The molecule has 1 heterocycles. The maximum atomic E-state index is 12.1. The quantitative estimate of drug-likeness (QED) is 0.847. The van der Waals surface area contributed by atoms with Crippen LogP contribution in [0.15, 0.2) is 6.07 Å². The lowest BCUT2D eigenvalue weighted by atomic mass is 9.87. The number of amides is 1. The molecule has 1 aromatic rings. The van der Waals surface area contributed by atoms with Gasteiger partial charge in [-0.2, -0.15) is 0 Å². The molecule has 2 N–H and O–H groups in total. The topological polar surface area (TPSA) is 49.3 Å². The smallest absolute Gasteiger partial charge is 0.261 e. The third kappa shape index (κ3) is 3.83. The second-order valence-corrected chi connectivity index (χ2v) is 6.87. The van der Waals surface area contributed by atoms with E-state index in [-0.39, 0.29) is 5.91 Å². The minimum absolute atomic E-state index is 0.0346. The molecule has 1 aliphatic carbocycles. The first-order chi connectivity index (χ1) is 9.63. The van der Waals surface area contributed by atoms with Crippen LogP contribution >= 0.6 is 11.3 Å². The van der Waals surface area contributed by atoms with Gasteiger partial charge >= 0.3 is 0 Å². The second-order valence-electron chi connectivity index (χ2n) is 5.73. The molecule has 0 fully saturated rings. The maximum Gasteiger partial charge on any atom is 0.261 e. The Bertz CT molecular complexity index is 455. The molecule has 0 saturated carbocycles.